The minimum Gasteiger partial charge on any atom is -0.668 e. The third-order valence-corrected chi connectivity index (χ3v) is 3.93. The molecule has 0 saturated heterocycles. The first-order valence-electron chi connectivity index (χ1n) is 5.83. The van der Waals surface area contributed by atoms with E-state index in [2.05, 4.69) is 38.5 Å². The number of hydrogen-bond acceptors (Lipinski definition) is 0. The monoisotopic (exact) mass is 403 g/mol. The number of nitrogens with zero attached hydrogens (tertiary/aromatic N) is 3. The van der Waals surface area contributed by atoms with Crippen molar-refractivity contribution in [1.82, 2.24) is 0 Å². The summed E-state index contributed by atoms with van der Waals surface area (Å²) in [5.74, 6) is 0.976. The summed E-state index contributed by atoms with van der Waals surface area (Å²) in [5, 5.41) is 11.1. The van der Waals surface area contributed by atoms with Crippen molar-refractivity contribution in [2.75, 3.05) is 41.8 Å². The van der Waals surface area contributed by atoms with Gasteiger partial charge in [0.05, 0.1) is 0 Å². The average Bonchev–Trinajstić information content (AvgIpc) is 2.63. The first kappa shape index (κ1) is 27.6. The molecule has 1 rings (SSSR count). The first-order chi connectivity index (χ1) is 7.67. The fourth-order valence-corrected chi connectivity index (χ4v) is 2.77. The van der Waals surface area contributed by atoms with Crippen LogP contribution in [0.3, 0.4) is 0 Å². The van der Waals surface area contributed by atoms with E-state index < -0.39 is 0 Å². The normalized spacial score (nSPS) is 20.3. The number of rotatable bonds is 3. The van der Waals surface area contributed by atoms with E-state index in [0.29, 0.717) is 0 Å². The maximum absolute atomic E-state index is 4.13. The van der Waals surface area contributed by atoms with Crippen LogP contribution < -0.4 is 0 Å². The molecule has 0 bridgehead atoms. The van der Waals surface area contributed by atoms with Crippen LogP contribution in [-0.4, -0.2) is 45.7 Å². The molecular formula is C13H30IN3Ti. The summed E-state index contributed by atoms with van der Waals surface area (Å²) in [6.07, 6.45) is 5.66. The van der Waals surface area contributed by atoms with Crippen LogP contribution in [-0.2, 0) is 21.7 Å². The Morgan fingerprint density at radius 1 is 1.00 bits per heavy atom. The van der Waals surface area contributed by atoms with Crippen LogP contribution in [0.5, 0.6) is 0 Å². The summed E-state index contributed by atoms with van der Waals surface area (Å²) in [4.78, 5) is 0. The molecule has 0 aromatic carbocycles. The molecule has 1 aliphatic carbocycles. The van der Waals surface area contributed by atoms with E-state index in [1.165, 1.54) is 25.7 Å². The molecule has 0 amide bonds. The van der Waals surface area contributed by atoms with Crippen LogP contribution in [0.15, 0.2) is 0 Å². The molecule has 5 heteroatoms. The van der Waals surface area contributed by atoms with E-state index in [0.717, 1.165) is 16.4 Å². The van der Waals surface area contributed by atoms with Gasteiger partial charge >= 0.3 is 21.7 Å². The smallest absolute Gasteiger partial charge is 0.668 e. The molecule has 0 N–H and O–H groups in total. The topological polar surface area (TPSA) is 42.3 Å². The molecule has 3 nitrogen and oxygen atoms in total. The number of hydrogen-bond donors (Lipinski definition) is 0. The van der Waals surface area contributed by atoms with Gasteiger partial charge in [0.2, 0.25) is 0 Å². The molecule has 0 radical (unpaired) electrons. The third kappa shape index (κ3) is 19.7. The maximum atomic E-state index is 4.13. The van der Waals surface area contributed by atoms with Crippen molar-refractivity contribution in [3.63, 3.8) is 0 Å². The van der Waals surface area contributed by atoms with Gasteiger partial charge in [0.1, 0.15) is 0 Å². The van der Waals surface area contributed by atoms with Crippen molar-refractivity contribution in [2.45, 2.75) is 29.6 Å². The molecule has 0 spiro atoms. The summed E-state index contributed by atoms with van der Waals surface area (Å²) < 4.78 is 0.944. The quantitative estimate of drug-likeness (QED) is 0.285. The zero-order valence-corrected chi connectivity index (χ0v) is 16.6. The van der Waals surface area contributed by atoms with Crippen molar-refractivity contribution in [3.05, 3.63) is 23.4 Å². The molecule has 0 aliphatic heterocycles. The van der Waals surface area contributed by atoms with Gasteiger partial charge in [-0.15, -0.1) is 6.54 Å². The summed E-state index contributed by atoms with van der Waals surface area (Å²) >= 11 is 2.59. The molecule has 108 valence electrons. The van der Waals surface area contributed by atoms with E-state index in [9.17, 15) is 0 Å². The van der Waals surface area contributed by atoms with Crippen LogP contribution in [0.2, 0.25) is 0 Å². The molecule has 2 unspecified atom stereocenters. The zero-order chi connectivity index (χ0) is 12.8. The van der Waals surface area contributed by atoms with Crippen LogP contribution in [0.4, 0.5) is 0 Å². The summed E-state index contributed by atoms with van der Waals surface area (Å²) in [6.45, 7) is 1.07. The van der Waals surface area contributed by atoms with E-state index in [-0.39, 0.29) is 29.1 Å². The van der Waals surface area contributed by atoms with Gasteiger partial charge in [-0.2, -0.15) is 35.2 Å². The Morgan fingerprint density at radius 3 is 1.72 bits per heavy atom. The van der Waals surface area contributed by atoms with Crippen LogP contribution in [0.1, 0.15) is 25.7 Å². The Labute approximate surface area is 144 Å². The molecule has 1 fully saturated rings. The van der Waals surface area contributed by atoms with E-state index >= 15 is 0 Å². The van der Waals surface area contributed by atoms with E-state index in [4.69, 9.17) is 0 Å². The predicted molar refractivity (Wildman–Crippen MR) is 90.7 cm³/mol. The van der Waals surface area contributed by atoms with Crippen molar-refractivity contribution >= 4 is 22.6 Å². The van der Waals surface area contributed by atoms with Gasteiger partial charge in [-0.05, 0) is 18.8 Å². The molecule has 1 saturated carbocycles. The van der Waals surface area contributed by atoms with Crippen LogP contribution in [0, 0.1) is 13.3 Å². The predicted octanol–water partition coefficient (Wildman–Crippen LogP) is 4.67. The van der Waals surface area contributed by atoms with Gasteiger partial charge in [-0.3, -0.25) is 0 Å². The van der Waals surface area contributed by atoms with Gasteiger partial charge < -0.3 is 23.4 Å². The van der Waals surface area contributed by atoms with Crippen LogP contribution in [0.25, 0.3) is 16.0 Å². The van der Waals surface area contributed by atoms with Crippen molar-refractivity contribution in [3.8, 4) is 0 Å². The van der Waals surface area contributed by atoms with Gasteiger partial charge in [0.15, 0.2) is 0 Å². The third-order valence-electron chi connectivity index (χ3n) is 2.29. The van der Waals surface area contributed by atoms with Crippen LogP contribution >= 0.6 is 22.6 Å². The Kier molecular flexibility index (Phi) is 36.0. The van der Waals surface area contributed by atoms with Crippen molar-refractivity contribution < 1.29 is 21.7 Å². The van der Waals surface area contributed by atoms with Crippen molar-refractivity contribution in [2.24, 2.45) is 5.92 Å². The Hall–Kier alpha value is 1.32. The second-order valence-corrected chi connectivity index (χ2v) is 5.53. The second kappa shape index (κ2) is 23.4. The molecule has 18 heavy (non-hydrogen) atoms. The summed E-state index contributed by atoms with van der Waals surface area (Å²) in [7, 11) is 8.91. The summed E-state index contributed by atoms with van der Waals surface area (Å²) in [6, 6.07) is 0. The zero-order valence-electron chi connectivity index (χ0n) is 12.9. The second-order valence-electron chi connectivity index (χ2n) is 3.93. The fourth-order valence-electron chi connectivity index (χ4n) is 1.61. The molecule has 0 aromatic rings. The Morgan fingerprint density at radius 2 is 1.44 bits per heavy atom. The SMILES string of the molecule is C[N-]C.C[N-]C.C[N-]CCC1CCCC1I.[CH3-].[Ti+4]. The number of halogens is 1. The van der Waals surface area contributed by atoms with Gasteiger partial charge in [0.25, 0.3) is 0 Å². The molecule has 2 atom stereocenters. The van der Waals surface area contributed by atoms with Gasteiger partial charge in [-0.25, -0.2) is 0 Å². The van der Waals surface area contributed by atoms with E-state index in [1.54, 1.807) is 28.2 Å². The maximum Gasteiger partial charge on any atom is 4.00 e. The largest absolute Gasteiger partial charge is 4.00 e. The molecule has 0 aromatic heterocycles. The number of alkyl halides is 1. The minimum absolute atomic E-state index is 0. The molecule has 0 heterocycles. The first-order valence-corrected chi connectivity index (χ1v) is 7.07. The fraction of sp³-hybridized carbons (Fsp3) is 0.923. The van der Waals surface area contributed by atoms with Gasteiger partial charge in [0, 0.05) is 3.92 Å². The summed E-state index contributed by atoms with van der Waals surface area (Å²) in [5.41, 5.74) is 0. The standard InChI is InChI=1S/C8H15IN.2C2H6N.CH3.Ti/c1-10-6-5-7-3-2-4-8(7)9;2*1-3-2;;/h7-8H,2-6H2,1H3;2*1-2H3;1H3;/q4*-1;+4. The molecule has 1 aliphatic rings. The molecular weight excluding hydrogens is 373 g/mol. The minimum atomic E-state index is 0. The van der Waals surface area contributed by atoms with Crippen molar-refractivity contribution in [1.29, 1.82) is 0 Å². The van der Waals surface area contributed by atoms with Gasteiger partial charge in [-0.1, -0.05) is 35.4 Å². The van der Waals surface area contributed by atoms with E-state index in [1.807, 2.05) is 7.05 Å². The Balaban J connectivity index is -0.000000106. The Bertz CT molecular complexity index is 127. The average molecular weight is 403 g/mol.